The first-order valence-electron chi connectivity index (χ1n) is 9.17. The summed E-state index contributed by atoms with van der Waals surface area (Å²) >= 11 is 0. The Balaban J connectivity index is 1.84. The predicted octanol–water partition coefficient (Wildman–Crippen LogP) is 2.03. The second kappa shape index (κ2) is 8.49. The van der Waals surface area contributed by atoms with Gasteiger partial charge in [-0.1, -0.05) is 26.2 Å². The normalized spacial score (nSPS) is 26.7. The monoisotopic (exact) mass is 338 g/mol. The molecule has 24 heavy (non-hydrogen) atoms. The van der Waals surface area contributed by atoms with Crippen LogP contribution in [0.2, 0.25) is 0 Å². The summed E-state index contributed by atoms with van der Waals surface area (Å²) in [5, 5.41) is 12.0. The van der Waals surface area contributed by atoms with E-state index in [9.17, 15) is 19.5 Å². The van der Waals surface area contributed by atoms with Gasteiger partial charge in [0.1, 0.15) is 6.04 Å². The summed E-state index contributed by atoms with van der Waals surface area (Å²) in [6, 6.07) is -0.596. The zero-order chi connectivity index (χ0) is 17.7. The number of carbonyl (C=O) groups excluding carboxylic acids is 2. The van der Waals surface area contributed by atoms with Crippen molar-refractivity contribution in [1.82, 2.24) is 10.2 Å². The first-order chi connectivity index (χ1) is 11.4. The fraction of sp³-hybridized carbons (Fsp3) is 0.833. The first kappa shape index (κ1) is 18.7. The molecular weight excluding hydrogens is 308 g/mol. The van der Waals surface area contributed by atoms with E-state index in [0.29, 0.717) is 25.3 Å². The Hall–Kier alpha value is -1.59. The van der Waals surface area contributed by atoms with Crippen molar-refractivity contribution in [3.63, 3.8) is 0 Å². The minimum atomic E-state index is -0.853. The van der Waals surface area contributed by atoms with E-state index in [1.54, 1.807) is 11.8 Å². The summed E-state index contributed by atoms with van der Waals surface area (Å²) in [4.78, 5) is 37.6. The van der Waals surface area contributed by atoms with E-state index in [1.807, 2.05) is 6.92 Å². The lowest BCUT2D eigenvalue weighted by molar-refractivity contribution is -0.148. The van der Waals surface area contributed by atoms with Gasteiger partial charge in [-0.2, -0.15) is 0 Å². The van der Waals surface area contributed by atoms with E-state index in [-0.39, 0.29) is 24.3 Å². The van der Waals surface area contributed by atoms with Crippen molar-refractivity contribution < 1.29 is 19.5 Å². The van der Waals surface area contributed by atoms with Crippen molar-refractivity contribution in [3.05, 3.63) is 0 Å². The molecule has 3 atom stereocenters. The number of carbonyl (C=O) groups is 3. The summed E-state index contributed by atoms with van der Waals surface area (Å²) in [5.74, 6) is -1.01. The highest BCUT2D eigenvalue weighted by Crippen LogP contribution is 2.26. The van der Waals surface area contributed by atoms with Crippen molar-refractivity contribution in [1.29, 1.82) is 0 Å². The molecule has 3 unspecified atom stereocenters. The summed E-state index contributed by atoms with van der Waals surface area (Å²) in [7, 11) is 0. The van der Waals surface area contributed by atoms with E-state index < -0.39 is 17.9 Å². The molecule has 0 spiro atoms. The fourth-order valence-corrected chi connectivity index (χ4v) is 4.00. The van der Waals surface area contributed by atoms with Gasteiger partial charge in [-0.25, -0.2) is 0 Å². The highest BCUT2D eigenvalue weighted by Gasteiger charge is 2.33. The second-order valence-corrected chi connectivity index (χ2v) is 7.62. The Morgan fingerprint density at radius 3 is 2.46 bits per heavy atom. The number of nitrogens with zero attached hydrogens (tertiary/aromatic N) is 1. The molecule has 6 nitrogen and oxygen atoms in total. The zero-order valence-electron chi connectivity index (χ0n) is 14.8. The van der Waals surface area contributed by atoms with E-state index >= 15 is 0 Å². The maximum absolute atomic E-state index is 12.6. The average Bonchev–Trinajstić information content (AvgIpc) is 2.54. The Labute approximate surface area is 144 Å². The molecule has 1 saturated heterocycles. The Morgan fingerprint density at radius 1 is 1.17 bits per heavy atom. The van der Waals surface area contributed by atoms with Crippen LogP contribution in [0.5, 0.6) is 0 Å². The van der Waals surface area contributed by atoms with Gasteiger partial charge in [0.15, 0.2) is 0 Å². The molecule has 1 heterocycles. The smallest absolute Gasteiger partial charge is 0.308 e. The molecule has 2 N–H and O–H groups in total. The van der Waals surface area contributed by atoms with E-state index in [2.05, 4.69) is 5.32 Å². The Morgan fingerprint density at radius 2 is 1.83 bits per heavy atom. The van der Waals surface area contributed by atoms with Gasteiger partial charge < -0.3 is 15.3 Å². The number of aliphatic carboxylic acids is 1. The van der Waals surface area contributed by atoms with Gasteiger partial charge in [0.05, 0.1) is 5.92 Å². The zero-order valence-corrected chi connectivity index (χ0v) is 14.8. The molecule has 2 amide bonds. The van der Waals surface area contributed by atoms with Gasteiger partial charge >= 0.3 is 5.97 Å². The largest absolute Gasteiger partial charge is 0.481 e. The molecule has 0 aromatic heterocycles. The van der Waals surface area contributed by atoms with Crippen molar-refractivity contribution in [3.8, 4) is 0 Å². The maximum atomic E-state index is 12.6. The highest BCUT2D eigenvalue weighted by atomic mass is 16.4. The highest BCUT2D eigenvalue weighted by molar-refractivity contribution is 5.87. The topological polar surface area (TPSA) is 86.7 Å². The minimum Gasteiger partial charge on any atom is -0.481 e. The fourth-order valence-electron chi connectivity index (χ4n) is 4.00. The molecule has 0 aromatic rings. The van der Waals surface area contributed by atoms with Crippen LogP contribution in [0.4, 0.5) is 0 Å². The number of nitrogens with one attached hydrogen (secondary N) is 1. The molecule has 1 aliphatic heterocycles. The van der Waals surface area contributed by atoms with Crippen LogP contribution in [0.1, 0.15) is 58.8 Å². The molecule has 1 saturated carbocycles. The van der Waals surface area contributed by atoms with E-state index in [4.69, 9.17) is 0 Å². The number of carboxylic acid groups (broad SMARTS) is 1. The number of hydrogen-bond acceptors (Lipinski definition) is 3. The Kier molecular flexibility index (Phi) is 6.63. The quantitative estimate of drug-likeness (QED) is 0.803. The molecular formula is C18H30N2O4. The van der Waals surface area contributed by atoms with Gasteiger partial charge in [0, 0.05) is 19.5 Å². The third-order valence-corrected chi connectivity index (χ3v) is 5.27. The number of carboxylic acids is 1. The Bertz CT molecular complexity index is 474. The van der Waals surface area contributed by atoms with Crippen LogP contribution < -0.4 is 5.32 Å². The van der Waals surface area contributed by atoms with Gasteiger partial charge in [-0.15, -0.1) is 0 Å². The standard InChI is InChI=1S/C18H30N2O4/c1-12-8-15(18(23)24)11-20(10-12)17(22)13(2)19-16(21)9-14-6-4-3-5-7-14/h12-15H,3-11H2,1-2H3,(H,19,21)(H,23,24). The van der Waals surface area contributed by atoms with Gasteiger partial charge in [-0.3, -0.25) is 14.4 Å². The molecule has 2 fully saturated rings. The van der Waals surface area contributed by atoms with Crippen LogP contribution in [0.3, 0.4) is 0 Å². The SMILES string of the molecule is CC1CC(C(=O)O)CN(C(=O)C(C)NC(=O)CC2CCCCC2)C1. The van der Waals surface area contributed by atoms with Gasteiger partial charge in [0.2, 0.25) is 11.8 Å². The third kappa shape index (κ3) is 5.21. The van der Waals surface area contributed by atoms with Crippen LogP contribution in [0.15, 0.2) is 0 Å². The van der Waals surface area contributed by atoms with E-state index in [0.717, 1.165) is 12.8 Å². The molecule has 1 aliphatic carbocycles. The molecule has 0 radical (unpaired) electrons. The lowest BCUT2D eigenvalue weighted by atomic mass is 9.87. The van der Waals surface area contributed by atoms with Crippen LogP contribution in [-0.2, 0) is 14.4 Å². The van der Waals surface area contributed by atoms with Crippen LogP contribution in [0, 0.1) is 17.8 Å². The van der Waals surface area contributed by atoms with Crippen molar-refractivity contribution in [2.75, 3.05) is 13.1 Å². The molecule has 0 aromatic carbocycles. The maximum Gasteiger partial charge on any atom is 0.308 e. The number of rotatable bonds is 5. The van der Waals surface area contributed by atoms with E-state index in [1.165, 1.54) is 19.3 Å². The molecule has 2 rings (SSSR count). The average molecular weight is 338 g/mol. The molecule has 2 aliphatic rings. The van der Waals surface area contributed by atoms with Crippen molar-refractivity contribution in [2.24, 2.45) is 17.8 Å². The van der Waals surface area contributed by atoms with Crippen molar-refractivity contribution >= 4 is 17.8 Å². The van der Waals surface area contributed by atoms with Gasteiger partial charge in [-0.05, 0) is 38.0 Å². The molecule has 6 heteroatoms. The van der Waals surface area contributed by atoms with Crippen LogP contribution in [-0.4, -0.2) is 46.9 Å². The first-order valence-corrected chi connectivity index (χ1v) is 9.17. The summed E-state index contributed by atoms with van der Waals surface area (Å²) in [6.45, 7) is 4.45. The minimum absolute atomic E-state index is 0.0670. The van der Waals surface area contributed by atoms with Crippen LogP contribution in [0.25, 0.3) is 0 Å². The second-order valence-electron chi connectivity index (χ2n) is 7.62. The lowest BCUT2D eigenvalue weighted by Crippen LogP contribution is -2.52. The summed E-state index contributed by atoms with van der Waals surface area (Å²) in [6.07, 6.45) is 6.92. The van der Waals surface area contributed by atoms with Crippen molar-refractivity contribution in [2.45, 2.75) is 64.8 Å². The summed E-state index contributed by atoms with van der Waals surface area (Å²) < 4.78 is 0. The number of likely N-dealkylation sites (tertiary alicyclic amines) is 1. The molecule has 136 valence electrons. The van der Waals surface area contributed by atoms with Crippen LogP contribution >= 0.6 is 0 Å². The molecule has 0 bridgehead atoms. The predicted molar refractivity (Wildman–Crippen MR) is 90.3 cm³/mol. The van der Waals surface area contributed by atoms with Gasteiger partial charge in [0.25, 0.3) is 0 Å². The number of amides is 2. The third-order valence-electron chi connectivity index (χ3n) is 5.27. The number of piperidine rings is 1. The number of hydrogen-bond donors (Lipinski definition) is 2. The summed E-state index contributed by atoms with van der Waals surface area (Å²) in [5.41, 5.74) is 0. The lowest BCUT2D eigenvalue weighted by Gasteiger charge is -2.36.